The number of primary amides is 1. The lowest BCUT2D eigenvalue weighted by Gasteiger charge is -2.33. The van der Waals surface area contributed by atoms with Crippen molar-refractivity contribution in [3.05, 3.63) is 71.8 Å². The summed E-state index contributed by atoms with van der Waals surface area (Å²) in [6, 6.07) is 11.3. The van der Waals surface area contributed by atoms with Crippen LogP contribution in [0.5, 0.6) is 0 Å². The van der Waals surface area contributed by atoms with Crippen LogP contribution in [0, 0.1) is 0 Å². The molecule has 4 N–H and O–H groups in total. The first-order valence-corrected chi connectivity index (χ1v) is 9.74. The van der Waals surface area contributed by atoms with Gasteiger partial charge in [0.15, 0.2) is 0 Å². The van der Waals surface area contributed by atoms with E-state index in [0.29, 0.717) is 5.56 Å². The van der Waals surface area contributed by atoms with E-state index in [9.17, 15) is 4.79 Å². The second kappa shape index (κ2) is 8.36. The lowest BCUT2D eigenvalue weighted by atomic mass is 9.89. The van der Waals surface area contributed by atoms with Crippen LogP contribution < -0.4 is 11.5 Å². The zero-order chi connectivity index (χ0) is 20.2. The zero-order valence-electron chi connectivity index (χ0n) is 16.2. The van der Waals surface area contributed by atoms with E-state index in [1.807, 2.05) is 24.5 Å². The summed E-state index contributed by atoms with van der Waals surface area (Å²) >= 11 is 0. The Morgan fingerprint density at radius 2 is 1.90 bits per heavy atom. The molecule has 1 amide bonds. The number of likely N-dealkylation sites (tertiary alicyclic amines) is 1. The van der Waals surface area contributed by atoms with Gasteiger partial charge in [0.1, 0.15) is 0 Å². The minimum Gasteiger partial charge on any atom is -0.368 e. The van der Waals surface area contributed by atoms with Crippen molar-refractivity contribution >= 4 is 11.9 Å². The maximum Gasteiger partial charge on any atom is 0.248 e. The van der Waals surface area contributed by atoms with Crippen molar-refractivity contribution in [1.29, 1.82) is 0 Å². The smallest absolute Gasteiger partial charge is 0.248 e. The van der Waals surface area contributed by atoms with Crippen LogP contribution in [0.1, 0.15) is 40.4 Å². The summed E-state index contributed by atoms with van der Waals surface area (Å²) in [6.45, 7) is 2.86. The molecule has 7 heteroatoms. The minimum atomic E-state index is -0.440. The molecule has 29 heavy (non-hydrogen) atoms. The number of carbonyl (C=O) groups is 1. The SMILES string of the molecule is NC(=O)c1ccc(-c2cnc(N)nc2[C@@H]2CCCN(Cc3ccncc3)C2)cc1. The van der Waals surface area contributed by atoms with Crippen molar-refractivity contribution in [2.75, 3.05) is 18.8 Å². The number of carbonyl (C=O) groups excluding carboxylic acids is 1. The molecule has 1 aliphatic rings. The van der Waals surface area contributed by atoms with Crippen LogP contribution in [0.2, 0.25) is 0 Å². The van der Waals surface area contributed by atoms with Crippen LogP contribution in [-0.2, 0) is 6.54 Å². The quantitative estimate of drug-likeness (QED) is 0.695. The van der Waals surface area contributed by atoms with Gasteiger partial charge in [-0.2, -0.15) is 0 Å². The molecule has 1 aliphatic heterocycles. The predicted octanol–water partition coefficient (Wildman–Crippen LogP) is 2.60. The van der Waals surface area contributed by atoms with E-state index in [-0.39, 0.29) is 11.9 Å². The van der Waals surface area contributed by atoms with Crippen molar-refractivity contribution in [2.45, 2.75) is 25.3 Å². The number of pyridine rings is 1. The number of nitrogens with zero attached hydrogens (tertiary/aromatic N) is 4. The summed E-state index contributed by atoms with van der Waals surface area (Å²) in [7, 11) is 0. The van der Waals surface area contributed by atoms with Crippen LogP contribution in [0.3, 0.4) is 0 Å². The maximum absolute atomic E-state index is 11.4. The molecule has 0 aliphatic carbocycles. The molecule has 0 saturated carbocycles. The average Bonchev–Trinajstić information content (AvgIpc) is 2.75. The fourth-order valence-electron chi connectivity index (χ4n) is 3.93. The van der Waals surface area contributed by atoms with Crippen LogP contribution >= 0.6 is 0 Å². The fourth-order valence-corrected chi connectivity index (χ4v) is 3.93. The number of hydrogen-bond acceptors (Lipinski definition) is 6. The van der Waals surface area contributed by atoms with Crippen LogP contribution in [0.15, 0.2) is 55.0 Å². The molecule has 7 nitrogen and oxygen atoms in total. The highest BCUT2D eigenvalue weighted by Crippen LogP contribution is 2.33. The van der Waals surface area contributed by atoms with Crippen LogP contribution in [0.25, 0.3) is 11.1 Å². The highest BCUT2D eigenvalue weighted by atomic mass is 16.1. The Balaban J connectivity index is 1.60. The number of amides is 1. The molecule has 2 aromatic heterocycles. The molecule has 0 spiro atoms. The topological polar surface area (TPSA) is 111 Å². The molecular formula is C22H24N6O. The van der Waals surface area contributed by atoms with Crippen molar-refractivity contribution < 1.29 is 4.79 Å². The van der Waals surface area contributed by atoms with Crippen molar-refractivity contribution in [1.82, 2.24) is 19.9 Å². The summed E-state index contributed by atoms with van der Waals surface area (Å²) in [4.78, 5) is 26.7. The number of nitrogen functional groups attached to an aromatic ring is 1. The summed E-state index contributed by atoms with van der Waals surface area (Å²) in [6.07, 6.45) is 7.58. The predicted molar refractivity (Wildman–Crippen MR) is 112 cm³/mol. The van der Waals surface area contributed by atoms with Gasteiger partial charge in [0.25, 0.3) is 0 Å². The highest BCUT2D eigenvalue weighted by Gasteiger charge is 2.25. The van der Waals surface area contributed by atoms with E-state index in [4.69, 9.17) is 11.5 Å². The Bertz CT molecular complexity index is 990. The van der Waals surface area contributed by atoms with Crippen molar-refractivity contribution in [3.8, 4) is 11.1 Å². The van der Waals surface area contributed by atoms with Gasteiger partial charge in [0.05, 0.1) is 5.69 Å². The Morgan fingerprint density at radius 1 is 1.14 bits per heavy atom. The molecule has 148 valence electrons. The average molecular weight is 388 g/mol. The summed E-state index contributed by atoms with van der Waals surface area (Å²) in [5.74, 6) is 0.106. The third-order valence-electron chi connectivity index (χ3n) is 5.37. The Morgan fingerprint density at radius 3 is 2.62 bits per heavy atom. The van der Waals surface area contributed by atoms with Crippen LogP contribution in [-0.4, -0.2) is 38.8 Å². The van der Waals surface area contributed by atoms with Gasteiger partial charge in [0, 0.05) is 48.7 Å². The second-order valence-corrected chi connectivity index (χ2v) is 7.40. The van der Waals surface area contributed by atoms with Gasteiger partial charge in [-0.3, -0.25) is 14.7 Å². The van der Waals surface area contributed by atoms with Gasteiger partial charge >= 0.3 is 0 Å². The first-order chi connectivity index (χ1) is 14.1. The first kappa shape index (κ1) is 19.0. The third-order valence-corrected chi connectivity index (χ3v) is 5.37. The molecule has 0 radical (unpaired) electrons. The number of piperidine rings is 1. The van der Waals surface area contributed by atoms with Gasteiger partial charge in [-0.15, -0.1) is 0 Å². The number of anilines is 1. The number of hydrogen-bond donors (Lipinski definition) is 2. The summed E-state index contributed by atoms with van der Waals surface area (Å²) < 4.78 is 0. The van der Waals surface area contributed by atoms with Crippen molar-refractivity contribution in [3.63, 3.8) is 0 Å². The van der Waals surface area contributed by atoms with Crippen LogP contribution in [0.4, 0.5) is 5.95 Å². The number of rotatable bonds is 5. The molecule has 1 saturated heterocycles. The largest absolute Gasteiger partial charge is 0.368 e. The van der Waals surface area contributed by atoms with E-state index >= 15 is 0 Å². The fraction of sp³-hybridized carbons (Fsp3) is 0.273. The van der Waals surface area contributed by atoms with Crippen molar-refractivity contribution in [2.24, 2.45) is 5.73 Å². The van der Waals surface area contributed by atoms with Gasteiger partial charge in [-0.1, -0.05) is 12.1 Å². The Labute approximate surface area is 169 Å². The molecule has 4 rings (SSSR count). The third kappa shape index (κ3) is 4.41. The van der Waals surface area contributed by atoms with Gasteiger partial charge in [-0.25, -0.2) is 9.97 Å². The summed E-state index contributed by atoms with van der Waals surface area (Å²) in [5.41, 5.74) is 15.9. The van der Waals surface area contributed by atoms with E-state index in [1.54, 1.807) is 18.3 Å². The van der Waals surface area contributed by atoms with Gasteiger partial charge < -0.3 is 11.5 Å². The summed E-state index contributed by atoms with van der Waals surface area (Å²) in [5, 5.41) is 0. The second-order valence-electron chi connectivity index (χ2n) is 7.40. The molecule has 1 aromatic carbocycles. The Hall–Kier alpha value is -3.32. The molecule has 1 atom stereocenters. The van der Waals surface area contributed by atoms with E-state index in [1.165, 1.54) is 5.56 Å². The van der Waals surface area contributed by atoms with Gasteiger partial charge in [0.2, 0.25) is 11.9 Å². The first-order valence-electron chi connectivity index (χ1n) is 9.74. The number of benzene rings is 1. The molecular weight excluding hydrogens is 364 g/mol. The normalized spacial score (nSPS) is 17.2. The maximum atomic E-state index is 11.4. The lowest BCUT2D eigenvalue weighted by molar-refractivity contribution is 0.100. The molecule has 0 bridgehead atoms. The highest BCUT2D eigenvalue weighted by molar-refractivity contribution is 5.93. The minimum absolute atomic E-state index is 0.265. The molecule has 3 aromatic rings. The zero-order valence-corrected chi connectivity index (χ0v) is 16.2. The number of aromatic nitrogens is 3. The standard InChI is InChI=1S/C22H24N6O/c23-21(29)17-5-3-16(4-6-17)19-12-26-22(24)27-20(19)18-2-1-11-28(14-18)13-15-7-9-25-10-8-15/h3-10,12,18H,1-2,11,13-14H2,(H2,23,29)(H2,24,26,27)/t18-/m1/s1. The van der Waals surface area contributed by atoms with E-state index < -0.39 is 5.91 Å². The molecule has 1 fully saturated rings. The molecule has 0 unspecified atom stereocenters. The monoisotopic (exact) mass is 388 g/mol. The van der Waals surface area contributed by atoms with E-state index in [0.717, 1.165) is 49.3 Å². The molecule has 3 heterocycles. The van der Waals surface area contributed by atoms with E-state index in [2.05, 4.69) is 32.0 Å². The number of nitrogens with two attached hydrogens (primary N) is 2. The van der Waals surface area contributed by atoms with Gasteiger partial charge in [-0.05, 0) is 54.8 Å². The lowest BCUT2D eigenvalue weighted by Crippen LogP contribution is -2.34. The Kier molecular flexibility index (Phi) is 5.48.